The molecule has 3 nitrogen and oxygen atoms in total. The van der Waals surface area contributed by atoms with Crippen molar-refractivity contribution in [3.05, 3.63) is 29.8 Å². The molecule has 0 saturated carbocycles. The number of ether oxygens (including phenoxy) is 2. The van der Waals surface area contributed by atoms with Crippen molar-refractivity contribution >= 4 is 5.76 Å². The average Bonchev–Trinajstić information content (AvgIpc) is 2.27. The normalized spacial score (nSPS) is 13.1. The summed E-state index contributed by atoms with van der Waals surface area (Å²) in [5.74, 6) is 2.35. The molecule has 0 fully saturated rings. The minimum atomic E-state index is 0.744. The van der Waals surface area contributed by atoms with Crippen molar-refractivity contribution in [2.24, 2.45) is 0 Å². The van der Waals surface area contributed by atoms with Gasteiger partial charge < -0.3 is 14.4 Å². The molecule has 16 heavy (non-hydrogen) atoms. The summed E-state index contributed by atoms with van der Waals surface area (Å²) in [4.78, 5) is 2.24. The fourth-order valence-corrected chi connectivity index (χ4v) is 1.83. The molecule has 0 aromatic heterocycles. The lowest BCUT2D eigenvalue weighted by molar-refractivity contribution is 0.336. The number of methoxy groups -OCH3 is 1. The summed E-state index contributed by atoms with van der Waals surface area (Å²) in [7, 11) is 3.75. The molecule has 0 atom stereocenters. The van der Waals surface area contributed by atoms with E-state index in [1.165, 1.54) is 5.56 Å². The van der Waals surface area contributed by atoms with E-state index in [0.717, 1.165) is 35.9 Å². The number of nitrogens with zero attached hydrogens (tertiary/aromatic N) is 1. The zero-order valence-corrected chi connectivity index (χ0v) is 10.0. The molecule has 2 rings (SSSR count). The highest BCUT2D eigenvalue weighted by atomic mass is 16.5. The van der Waals surface area contributed by atoms with Crippen LogP contribution in [0.25, 0.3) is 5.76 Å². The lowest BCUT2D eigenvalue weighted by atomic mass is 10.00. The molecule has 0 unspecified atom stereocenters. The molecular weight excluding hydrogens is 202 g/mol. The van der Waals surface area contributed by atoms with Gasteiger partial charge >= 0.3 is 0 Å². The number of benzene rings is 1. The SMILES string of the molecule is C=C1Oc2c(OC)ccc(CN(C)CC)c21. The minimum Gasteiger partial charge on any atom is -0.493 e. The van der Waals surface area contributed by atoms with E-state index in [2.05, 4.69) is 31.5 Å². The van der Waals surface area contributed by atoms with Crippen LogP contribution in [0.5, 0.6) is 11.5 Å². The van der Waals surface area contributed by atoms with E-state index < -0.39 is 0 Å². The minimum absolute atomic E-state index is 0.744. The zero-order valence-electron chi connectivity index (χ0n) is 10.0. The highest BCUT2D eigenvalue weighted by Crippen LogP contribution is 2.46. The molecule has 1 aromatic carbocycles. The Bertz CT molecular complexity index is 426. The van der Waals surface area contributed by atoms with Gasteiger partial charge in [-0.2, -0.15) is 0 Å². The van der Waals surface area contributed by atoms with Crippen LogP contribution in [0.2, 0.25) is 0 Å². The standard InChI is InChI=1S/C13H17NO2/c1-5-14(3)8-10-6-7-11(15-4)13-12(10)9(2)16-13/h6-7H,2,5,8H2,1,3-4H3. The fourth-order valence-electron chi connectivity index (χ4n) is 1.83. The summed E-state index contributed by atoms with van der Waals surface area (Å²) in [6.45, 7) is 7.94. The smallest absolute Gasteiger partial charge is 0.180 e. The van der Waals surface area contributed by atoms with Gasteiger partial charge in [-0.15, -0.1) is 0 Å². The summed E-state index contributed by atoms with van der Waals surface area (Å²) in [6.07, 6.45) is 0. The Morgan fingerprint density at radius 1 is 1.44 bits per heavy atom. The Hall–Kier alpha value is -1.48. The van der Waals surface area contributed by atoms with Gasteiger partial charge in [0.15, 0.2) is 11.5 Å². The van der Waals surface area contributed by atoms with Crippen molar-refractivity contribution in [1.29, 1.82) is 0 Å². The molecule has 0 bridgehead atoms. The third-order valence-corrected chi connectivity index (χ3v) is 2.91. The number of hydrogen-bond donors (Lipinski definition) is 0. The topological polar surface area (TPSA) is 21.7 Å². The molecule has 0 N–H and O–H groups in total. The van der Waals surface area contributed by atoms with Gasteiger partial charge in [0.25, 0.3) is 0 Å². The molecule has 0 saturated heterocycles. The van der Waals surface area contributed by atoms with Crippen LogP contribution < -0.4 is 9.47 Å². The fraction of sp³-hybridized carbons (Fsp3) is 0.385. The van der Waals surface area contributed by atoms with Crippen LogP contribution in [0, 0.1) is 0 Å². The van der Waals surface area contributed by atoms with E-state index in [1.54, 1.807) is 7.11 Å². The molecule has 0 spiro atoms. The zero-order chi connectivity index (χ0) is 11.7. The first-order valence-corrected chi connectivity index (χ1v) is 5.43. The lowest BCUT2D eigenvalue weighted by Gasteiger charge is -2.28. The van der Waals surface area contributed by atoms with Crippen LogP contribution in [0.3, 0.4) is 0 Å². The molecule has 0 amide bonds. The van der Waals surface area contributed by atoms with Gasteiger partial charge in [0.2, 0.25) is 0 Å². The monoisotopic (exact) mass is 219 g/mol. The Labute approximate surface area is 96.3 Å². The third-order valence-electron chi connectivity index (χ3n) is 2.91. The largest absolute Gasteiger partial charge is 0.493 e. The molecular formula is C13H17NO2. The second-order valence-corrected chi connectivity index (χ2v) is 3.99. The highest BCUT2D eigenvalue weighted by Gasteiger charge is 2.28. The molecule has 86 valence electrons. The summed E-state index contributed by atoms with van der Waals surface area (Å²) in [5, 5.41) is 0. The molecule has 1 aliphatic rings. The maximum absolute atomic E-state index is 5.42. The van der Waals surface area contributed by atoms with Crippen molar-refractivity contribution in [2.75, 3.05) is 20.7 Å². The molecule has 1 aromatic rings. The van der Waals surface area contributed by atoms with Gasteiger partial charge in [0, 0.05) is 6.54 Å². The van der Waals surface area contributed by atoms with Crippen molar-refractivity contribution < 1.29 is 9.47 Å². The van der Waals surface area contributed by atoms with Crippen molar-refractivity contribution in [1.82, 2.24) is 4.90 Å². The predicted octanol–water partition coefficient (Wildman–Crippen LogP) is 2.51. The molecule has 1 aliphatic heterocycles. The van der Waals surface area contributed by atoms with Gasteiger partial charge in [0.1, 0.15) is 5.76 Å². The molecule has 1 heterocycles. The Morgan fingerprint density at radius 3 is 2.75 bits per heavy atom. The van der Waals surface area contributed by atoms with E-state index in [1.807, 2.05) is 6.07 Å². The summed E-state index contributed by atoms with van der Waals surface area (Å²) < 4.78 is 10.7. The van der Waals surface area contributed by atoms with Gasteiger partial charge in [-0.05, 0) is 25.2 Å². The summed E-state index contributed by atoms with van der Waals surface area (Å²) in [5.41, 5.74) is 2.36. The summed E-state index contributed by atoms with van der Waals surface area (Å²) >= 11 is 0. The van der Waals surface area contributed by atoms with Crippen molar-refractivity contribution in [2.45, 2.75) is 13.5 Å². The number of fused-ring (bicyclic) bond motifs is 1. The lowest BCUT2D eigenvalue weighted by Crippen LogP contribution is -2.20. The maximum Gasteiger partial charge on any atom is 0.180 e. The van der Waals surface area contributed by atoms with Gasteiger partial charge in [-0.1, -0.05) is 19.6 Å². The maximum atomic E-state index is 5.42. The van der Waals surface area contributed by atoms with Crippen LogP contribution in [0.15, 0.2) is 18.7 Å². The Kier molecular flexibility index (Phi) is 2.88. The van der Waals surface area contributed by atoms with Crippen LogP contribution in [-0.2, 0) is 6.54 Å². The number of rotatable bonds is 4. The van der Waals surface area contributed by atoms with E-state index in [4.69, 9.17) is 9.47 Å². The molecule has 0 aliphatic carbocycles. The van der Waals surface area contributed by atoms with Gasteiger partial charge in [-0.25, -0.2) is 0 Å². The molecule has 3 heteroatoms. The molecule has 0 radical (unpaired) electrons. The van der Waals surface area contributed by atoms with Crippen LogP contribution >= 0.6 is 0 Å². The first-order chi connectivity index (χ1) is 7.67. The highest BCUT2D eigenvalue weighted by molar-refractivity contribution is 5.80. The van der Waals surface area contributed by atoms with Crippen LogP contribution in [-0.4, -0.2) is 25.6 Å². The van der Waals surface area contributed by atoms with Crippen molar-refractivity contribution in [3.8, 4) is 11.5 Å². The van der Waals surface area contributed by atoms with E-state index >= 15 is 0 Å². The van der Waals surface area contributed by atoms with Gasteiger partial charge in [-0.3, -0.25) is 0 Å². The van der Waals surface area contributed by atoms with Gasteiger partial charge in [0.05, 0.1) is 12.7 Å². The quantitative estimate of drug-likeness (QED) is 0.776. The Balaban J connectivity index is 2.34. The predicted molar refractivity (Wildman–Crippen MR) is 64.7 cm³/mol. The third kappa shape index (κ3) is 1.67. The Morgan fingerprint density at radius 2 is 2.19 bits per heavy atom. The van der Waals surface area contributed by atoms with Crippen LogP contribution in [0.1, 0.15) is 18.1 Å². The van der Waals surface area contributed by atoms with Crippen LogP contribution in [0.4, 0.5) is 0 Å². The number of hydrogen-bond acceptors (Lipinski definition) is 3. The summed E-state index contributed by atoms with van der Waals surface area (Å²) in [6, 6.07) is 4.03. The second-order valence-electron chi connectivity index (χ2n) is 3.99. The first kappa shape index (κ1) is 11.0. The van der Waals surface area contributed by atoms with Crippen molar-refractivity contribution in [3.63, 3.8) is 0 Å². The van der Waals surface area contributed by atoms with E-state index in [-0.39, 0.29) is 0 Å². The van der Waals surface area contributed by atoms with E-state index in [0.29, 0.717) is 0 Å². The first-order valence-electron chi connectivity index (χ1n) is 5.43. The average molecular weight is 219 g/mol. The van der Waals surface area contributed by atoms with E-state index in [9.17, 15) is 0 Å². The second kappa shape index (κ2) is 4.18.